The molecule has 0 aliphatic carbocycles. The Hall–Kier alpha value is 0.0569. The predicted octanol–water partition coefficient (Wildman–Crippen LogP) is 0.768. The monoisotopic (exact) mass is 206 g/mol. The lowest BCUT2D eigenvalue weighted by Crippen LogP contribution is -2.36. The molecule has 78 valence electrons. The standard InChI is InChI=1S/C8H18O4Si/c1-13(2)11-7-5-9-3-4-10-6-8-12-13/h3-8H2,1-2H3. The van der Waals surface area contributed by atoms with Crippen molar-refractivity contribution in [1.29, 1.82) is 0 Å². The maximum absolute atomic E-state index is 5.60. The van der Waals surface area contributed by atoms with Gasteiger partial charge in [0, 0.05) is 0 Å². The van der Waals surface area contributed by atoms with Crippen molar-refractivity contribution in [2.75, 3.05) is 39.6 Å². The van der Waals surface area contributed by atoms with Crippen molar-refractivity contribution in [2.45, 2.75) is 13.1 Å². The largest absolute Gasteiger partial charge is 0.392 e. The summed E-state index contributed by atoms with van der Waals surface area (Å²) in [5, 5.41) is 0. The van der Waals surface area contributed by atoms with E-state index in [4.69, 9.17) is 18.3 Å². The SMILES string of the molecule is C[Si]1(C)OCCOCCOCCO1. The van der Waals surface area contributed by atoms with Crippen LogP contribution in [-0.4, -0.2) is 48.2 Å². The maximum atomic E-state index is 5.60. The Morgan fingerprint density at radius 2 is 1.08 bits per heavy atom. The molecule has 0 aromatic carbocycles. The van der Waals surface area contributed by atoms with Gasteiger partial charge in [-0.15, -0.1) is 0 Å². The van der Waals surface area contributed by atoms with E-state index < -0.39 is 8.56 Å². The van der Waals surface area contributed by atoms with Gasteiger partial charge in [-0.3, -0.25) is 0 Å². The second-order valence-electron chi connectivity index (χ2n) is 3.32. The maximum Gasteiger partial charge on any atom is 0.331 e. The molecule has 1 fully saturated rings. The Bertz CT molecular complexity index is 126. The Morgan fingerprint density at radius 1 is 0.692 bits per heavy atom. The highest BCUT2D eigenvalue weighted by atomic mass is 28.4. The van der Waals surface area contributed by atoms with Gasteiger partial charge in [-0.1, -0.05) is 0 Å². The lowest BCUT2D eigenvalue weighted by atomic mass is 10.7. The highest BCUT2D eigenvalue weighted by Gasteiger charge is 2.24. The highest BCUT2D eigenvalue weighted by Crippen LogP contribution is 2.06. The van der Waals surface area contributed by atoms with Gasteiger partial charge >= 0.3 is 8.56 Å². The third-order valence-electron chi connectivity index (χ3n) is 1.73. The van der Waals surface area contributed by atoms with Crippen molar-refractivity contribution in [2.24, 2.45) is 0 Å². The molecule has 1 aliphatic rings. The van der Waals surface area contributed by atoms with Crippen LogP contribution in [0.5, 0.6) is 0 Å². The fourth-order valence-corrected chi connectivity index (χ4v) is 2.29. The lowest BCUT2D eigenvalue weighted by molar-refractivity contribution is 0.0375. The van der Waals surface area contributed by atoms with E-state index in [1.54, 1.807) is 0 Å². The Labute approximate surface area is 80.4 Å². The average molecular weight is 206 g/mol. The molecular weight excluding hydrogens is 188 g/mol. The molecule has 1 saturated heterocycles. The first kappa shape index (κ1) is 11.1. The Kier molecular flexibility index (Phi) is 4.90. The van der Waals surface area contributed by atoms with Gasteiger partial charge in [-0.05, 0) is 13.1 Å². The molecule has 0 amide bonds. The number of hydrogen-bond acceptors (Lipinski definition) is 4. The van der Waals surface area contributed by atoms with Crippen molar-refractivity contribution >= 4 is 8.56 Å². The van der Waals surface area contributed by atoms with Crippen LogP contribution in [0.15, 0.2) is 0 Å². The van der Waals surface area contributed by atoms with Gasteiger partial charge < -0.3 is 18.3 Å². The van der Waals surface area contributed by atoms with Gasteiger partial charge in [0.1, 0.15) is 0 Å². The van der Waals surface area contributed by atoms with E-state index in [1.807, 2.05) is 13.1 Å². The van der Waals surface area contributed by atoms with Crippen LogP contribution in [0.3, 0.4) is 0 Å². The normalized spacial score (nSPS) is 26.3. The van der Waals surface area contributed by atoms with Crippen molar-refractivity contribution in [3.05, 3.63) is 0 Å². The van der Waals surface area contributed by atoms with E-state index in [2.05, 4.69) is 0 Å². The quantitative estimate of drug-likeness (QED) is 0.549. The minimum atomic E-state index is -1.91. The summed E-state index contributed by atoms with van der Waals surface area (Å²) in [7, 11) is -1.91. The van der Waals surface area contributed by atoms with Gasteiger partial charge in [0.2, 0.25) is 0 Å². The van der Waals surface area contributed by atoms with E-state index >= 15 is 0 Å². The summed E-state index contributed by atoms with van der Waals surface area (Å²) in [5.41, 5.74) is 0. The summed E-state index contributed by atoms with van der Waals surface area (Å²) in [6.07, 6.45) is 0. The zero-order valence-electron chi connectivity index (χ0n) is 8.38. The summed E-state index contributed by atoms with van der Waals surface area (Å²) in [5.74, 6) is 0. The highest BCUT2D eigenvalue weighted by molar-refractivity contribution is 6.64. The Balaban J connectivity index is 2.27. The Morgan fingerprint density at radius 3 is 1.54 bits per heavy atom. The summed E-state index contributed by atoms with van der Waals surface area (Å²) in [6, 6.07) is 0. The van der Waals surface area contributed by atoms with Crippen molar-refractivity contribution < 1.29 is 18.3 Å². The van der Waals surface area contributed by atoms with E-state index in [0.29, 0.717) is 39.6 Å². The molecule has 1 aliphatic heterocycles. The van der Waals surface area contributed by atoms with Crippen LogP contribution in [0.4, 0.5) is 0 Å². The summed E-state index contributed by atoms with van der Waals surface area (Å²) in [4.78, 5) is 0. The molecular formula is C8H18O4Si. The average Bonchev–Trinajstić information content (AvgIpc) is 2.10. The predicted molar refractivity (Wildman–Crippen MR) is 51.0 cm³/mol. The summed E-state index contributed by atoms with van der Waals surface area (Å²) < 4.78 is 21.7. The molecule has 0 aromatic rings. The molecule has 1 rings (SSSR count). The topological polar surface area (TPSA) is 36.9 Å². The minimum Gasteiger partial charge on any atom is -0.392 e. The van der Waals surface area contributed by atoms with Crippen LogP contribution in [0.1, 0.15) is 0 Å². The molecule has 0 spiro atoms. The minimum absolute atomic E-state index is 0.624. The lowest BCUT2D eigenvalue weighted by Gasteiger charge is -2.21. The molecule has 5 heteroatoms. The van der Waals surface area contributed by atoms with Crippen LogP contribution in [0.2, 0.25) is 13.1 Å². The third-order valence-corrected chi connectivity index (χ3v) is 3.53. The molecule has 0 radical (unpaired) electrons. The fourth-order valence-electron chi connectivity index (χ4n) is 1.06. The number of hydrogen-bond donors (Lipinski definition) is 0. The molecule has 4 nitrogen and oxygen atoms in total. The second kappa shape index (κ2) is 5.72. The second-order valence-corrected chi connectivity index (χ2v) is 6.70. The van der Waals surface area contributed by atoms with Gasteiger partial charge in [0.05, 0.1) is 39.6 Å². The van der Waals surface area contributed by atoms with Crippen LogP contribution in [0, 0.1) is 0 Å². The van der Waals surface area contributed by atoms with Gasteiger partial charge in [-0.25, -0.2) is 0 Å². The van der Waals surface area contributed by atoms with Crippen molar-refractivity contribution in [3.63, 3.8) is 0 Å². The first-order chi connectivity index (χ1) is 6.21. The molecule has 0 aromatic heterocycles. The van der Waals surface area contributed by atoms with E-state index in [-0.39, 0.29) is 0 Å². The zero-order chi connectivity index (χ0) is 9.57. The third kappa shape index (κ3) is 5.38. The molecule has 0 unspecified atom stereocenters. The van der Waals surface area contributed by atoms with Gasteiger partial charge in [0.15, 0.2) is 0 Å². The number of ether oxygens (including phenoxy) is 2. The van der Waals surface area contributed by atoms with E-state index in [9.17, 15) is 0 Å². The van der Waals surface area contributed by atoms with Gasteiger partial charge in [0.25, 0.3) is 0 Å². The van der Waals surface area contributed by atoms with Crippen molar-refractivity contribution in [3.8, 4) is 0 Å². The van der Waals surface area contributed by atoms with E-state index in [1.165, 1.54) is 0 Å². The van der Waals surface area contributed by atoms with Crippen LogP contribution in [0.25, 0.3) is 0 Å². The molecule has 1 heterocycles. The first-order valence-electron chi connectivity index (χ1n) is 4.64. The molecule has 0 bridgehead atoms. The zero-order valence-corrected chi connectivity index (χ0v) is 9.38. The smallest absolute Gasteiger partial charge is 0.331 e. The first-order valence-corrected chi connectivity index (χ1v) is 7.46. The summed E-state index contributed by atoms with van der Waals surface area (Å²) in [6.45, 7) is 7.86. The molecule has 0 atom stereocenters. The number of rotatable bonds is 0. The molecule has 0 N–H and O–H groups in total. The van der Waals surface area contributed by atoms with E-state index in [0.717, 1.165) is 0 Å². The van der Waals surface area contributed by atoms with Crippen LogP contribution < -0.4 is 0 Å². The fraction of sp³-hybridized carbons (Fsp3) is 1.00. The van der Waals surface area contributed by atoms with Crippen LogP contribution >= 0.6 is 0 Å². The van der Waals surface area contributed by atoms with Gasteiger partial charge in [-0.2, -0.15) is 0 Å². The summed E-state index contributed by atoms with van der Waals surface area (Å²) >= 11 is 0. The van der Waals surface area contributed by atoms with Crippen LogP contribution in [-0.2, 0) is 18.3 Å². The molecule has 13 heavy (non-hydrogen) atoms. The van der Waals surface area contributed by atoms with Crippen molar-refractivity contribution in [1.82, 2.24) is 0 Å². The molecule has 0 saturated carbocycles.